The van der Waals surface area contributed by atoms with Crippen molar-refractivity contribution in [2.75, 3.05) is 28.5 Å². The number of anilines is 2. The van der Waals surface area contributed by atoms with E-state index in [0.29, 0.717) is 18.7 Å². The minimum Gasteiger partial charge on any atom is -0.381 e. The minimum atomic E-state index is -3.73. The smallest absolute Gasteiger partial charge is 0.264 e. The number of hydrogen-bond acceptors (Lipinski definition) is 7. The third-order valence-electron chi connectivity index (χ3n) is 6.40. The first-order valence-corrected chi connectivity index (χ1v) is 12.7. The first kappa shape index (κ1) is 23.0. The summed E-state index contributed by atoms with van der Waals surface area (Å²) < 4.78 is 41.9. The number of rotatable bonds is 6. The third-order valence-corrected chi connectivity index (χ3v) is 8.17. The van der Waals surface area contributed by atoms with E-state index in [1.54, 1.807) is 12.1 Å². The molecule has 0 aromatic heterocycles. The molecule has 1 fully saturated rings. The Morgan fingerprint density at radius 2 is 1.80 bits per heavy atom. The number of benzene rings is 2. The van der Waals surface area contributed by atoms with Crippen LogP contribution in [0.15, 0.2) is 36.4 Å². The van der Waals surface area contributed by atoms with Gasteiger partial charge >= 0.3 is 0 Å². The van der Waals surface area contributed by atoms with E-state index in [4.69, 9.17) is 0 Å². The monoisotopic (exact) mass is 500 g/mol. The van der Waals surface area contributed by atoms with Crippen molar-refractivity contribution in [3.63, 3.8) is 0 Å². The molecular weight excluding hydrogens is 479 g/mol. The predicted octanol–water partition coefficient (Wildman–Crippen LogP) is 1.03. The maximum atomic E-state index is 14.7. The van der Waals surface area contributed by atoms with Gasteiger partial charge in [0.05, 0.1) is 28.3 Å². The molecule has 1 saturated heterocycles. The fourth-order valence-electron chi connectivity index (χ4n) is 4.72. The van der Waals surface area contributed by atoms with Crippen LogP contribution in [-0.2, 0) is 26.0 Å². The third kappa shape index (κ3) is 3.83. The lowest BCUT2D eigenvalue weighted by Crippen LogP contribution is -2.54. The average molecular weight is 501 g/mol. The van der Waals surface area contributed by atoms with Crippen LogP contribution in [-0.4, -0.2) is 61.8 Å². The van der Waals surface area contributed by atoms with E-state index in [9.17, 15) is 32.0 Å². The van der Waals surface area contributed by atoms with E-state index >= 15 is 0 Å². The van der Waals surface area contributed by atoms with Crippen molar-refractivity contribution >= 4 is 45.0 Å². The van der Waals surface area contributed by atoms with Gasteiger partial charge in [0, 0.05) is 19.5 Å². The highest BCUT2D eigenvalue weighted by molar-refractivity contribution is 7.92. The molecular formula is C23H21FN4O6S. The van der Waals surface area contributed by atoms with Gasteiger partial charge in [-0.3, -0.25) is 33.7 Å². The molecule has 2 N–H and O–H groups in total. The Labute approximate surface area is 200 Å². The van der Waals surface area contributed by atoms with Crippen LogP contribution >= 0.6 is 0 Å². The van der Waals surface area contributed by atoms with E-state index in [1.165, 1.54) is 4.31 Å². The quantitative estimate of drug-likeness (QED) is 0.566. The summed E-state index contributed by atoms with van der Waals surface area (Å²) in [4.78, 5) is 50.4. The first-order chi connectivity index (χ1) is 16.7. The number of amides is 4. The van der Waals surface area contributed by atoms with Crippen molar-refractivity contribution in [2.24, 2.45) is 0 Å². The van der Waals surface area contributed by atoms with Gasteiger partial charge in [0.15, 0.2) is 0 Å². The zero-order valence-electron chi connectivity index (χ0n) is 18.4. The zero-order valence-corrected chi connectivity index (χ0v) is 19.2. The topological polar surface area (TPSA) is 133 Å². The molecule has 1 unspecified atom stereocenters. The van der Waals surface area contributed by atoms with Gasteiger partial charge in [0.25, 0.3) is 11.8 Å². The fourth-order valence-corrected chi connectivity index (χ4v) is 6.14. The number of sulfonamides is 1. The normalized spacial score (nSPS) is 19.6. The summed E-state index contributed by atoms with van der Waals surface area (Å²) in [5.74, 6) is -4.13. The van der Waals surface area contributed by atoms with Gasteiger partial charge in [-0.25, -0.2) is 12.8 Å². The van der Waals surface area contributed by atoms with Crippen molar-refractivity contribution in [2.45, 2.75) is 25.3 Å². The number of piperidine rings is 1. The van der Waals surface area contributed by atoms with E-state index in [2.05, 4.69) is 10.6 Å². The van der Waals surface area contributed by atoms with Crippen molar-refractivity contribution < 1.29 is 32.0 Å². The summed E-state index contributed by atoms with van der Waals surface area (Å²) in [6.45, 7) is 0.0962. The fraction of sp³-hybridized carbons (Fsp3) is 0.304. The predicted molar refractivity (Wildman–Crippen MR) is 123 cm³/mol. The van der Waals surface area contributed by atoms with Crippen LogP contribution in [0.1, 0.15) is 39.1 Å². The molecule has 0 saturated carbocycles. The van der Waals surface area contributed by atoms with E-state index in [-0.39, 0.29) is 42.0 Å². The van der Waals surface area contributed by atoms with Crippen LogP contribution < -0.4 is 14.9 Å². The number of nitrogens with zero attached hydrogens (tertiary/aromatic N) is 2. The molecule has 10 nitrogen and oxygen atoms in total. The van der Waals surface area contributed by atoms with Gasteiger partial charge in [-0.1, -0.05) is 18.2 Å². The number of imide groups is 2. The molecule has 0 radical (unpaired) electrons. The average Bonchev–Trinajstić information content (AvgIpc) is 3.36. The van der Waals surface area contributed by atoms with E-state index < -0.39 is 45.5 Å². The Hall–Kier alpha value is -3.80. The Bertz CT molecular complexity index is 1390. The lowest BCUT2D eigenvalue weighted by molar-refractivity contribution is -0.136. The molecule has 1 atom stereocenters. The van der Waals surface area contributed by atoms with Crippen LogP contribution in [0.3, 0.4) is 0 Å². The number of fused-ring (bicyclic) bond motifs is 2. The van der Waals surface area contributed by atoms with Crippen LogP contribution in [0.25, 0.3) is 0 Å². The van der Waals surface area contributed by atoms with Gasteiger partial charge in [-0.15, -0.1) is 0 Å². The number of hydrogen-bond donors (Lipinski definition) is 2. The summed E-state index contributed by atoms with van der Waals surface area (Å²) in [6, 6.07) is 8.15. The lowest BCUT2D eigenvalue weighted by atomic mass is 10.0. The number of para-hydroxylation sites is 1. The molecule has 0 aliphatic carbocycles. The van der Waals surface area contributed by atoms with E-state index in [0.717, 1.165) is 22.6 Å². The SMILES string of the molecule is O=C1CCC(N2C(=O)c3ccc(F)c(NCCS(=O)(=O)N4CCc5ccccc54)c3C2=O)C(=O)N1. The van der Waals surface area contributed by atoms with Gasteiger partial charge in [0.2, 0.25) is 21.8 Å². The Morgan fingerprint density at radius 1 is 1.03 bits per heavy atom. The molecule has 35 heavy (non-hydrogen) atoms. The Kier molecular flexibility index (Phi) is 5.55. The largest absolute Gasteiger partial charge is 0.381 e. The molecule has 182 valence electrons. The van der Waals surface area contributed by atoms with Crippen molar-refractivity contribution in [3.05, 3.63) is 58.9 Å². The molecule has 4 amide bonds. The summed E-state index contributed by atoms with van der Waals surface area (Å²) in [7, 11) is -3.73. The van der Waals surface area contributed by atoms with Crippen LogP contribution in [0, 0.1) is 5.82 Å². The minimum absolute atomic E-state index is 0.0308. The summed E-state index contributed by atoms with van der Waals surface area (Å²) in [5, 5.41) is 4.77. The second-order valence-electron chi connectivity index (χ2n) is 8.49. The molecule has 3 heterocycles. The number of nitrogens with one attached hydrogen (secondary N) is 2. The van der Waals surface area contributed by atoms with Crippen molar-refractivity contribution in [1.82, 2.24) is 10.2 Å². The van der Waals surface area contributed by atoms with Crippen molar-refractivity contribution in [1.29, 1.82) is 0 Å². The Morgan fingerprint density at radius 3 is 2.57 bits per heavy atom. The van der Waals surface area contributed by atoms with Crippen LogP contribution in [0.5, 0.6) is 0 Å². The second kappa shape index (κ2) is 8.45. The highest BCUT2D eigenvalue weighted by atomic mass is 32.2. The molecule has 0 bridgehead atoms. The summed E-state index contributed by atoms with van der Waals surface area (Å²) >= 11 is 0. The number of carbonyl (C=O) groups excluding carboxylic acids is 4. The number of carbonyl (C=O) groups is 4. The van der Waals surface area contributed by atoms with Crippen LogP contribution in [0.4, 0.5) is 15.8 Å². The standard InChI is InChI=1S/C23H21FN4O6S/c24-15-6-5-14-19(23(32)28(22(14)31)17-7-8-18(29)26-21(17)30)20(15)25-10-12-35(33,34)27-11-9-13-3-1-2-4-16(13)27/h1-6,17,25H,7-12H2,(H,26,29,30). The molecule has 5 rings (SSSR count). The first-order valence-electron chi connectivity index (χ1n) is 11.1. The molecule has 2 aromatic carbocycles. The van der Waals surface area contributed by atoms with Gasteiger partial charge in [0.1, 0.15) is 11.9 Å². The maximum absolute atomic E-state index is 14.7. The molecule has 3 aliphatic rings. The van der Waals surface area contributed by atoms with Gasteiger partial charge < -0.3 is 5.32 Å². The molecule has 2 aromatic rings. The second-order valence-corrected chi connectivity index (χ2v) is 10.5. The van der Waals surface area contributed by atoms with Gasteiger partial charge in [-0.2, -0.15) is 0 Å². The summed E-state index contributed by atoms with van der Waals surface area (Å²) in [5.41, 5.74) is 0.879. The molecule has 3 aliphatic heterocycles. The van der Waals surface area contributed by atoms with Crippen molar-refractivity contribution in [3.8, 4) is 0 Å². The highest BCUT2D eigenvalue weighted by Crippen LogP contribution is 2.34. The maximum Gasteiger partial charge on any atom is 0.264 e. The highest BCUT2D eigenvalue weighted by Gasteiger charge is 2.46. The molecule has 12 heteroatoms. The van der Waals surface area contributed by atoms with Crippen LogP contribution in [0.2, 0.25) is 0 Å². The van der Waals surface area contributed by atoms with Gasteiger partial charge in [-0.05, 0) is 36.6 Å². The zero-order chi connectivity index (χ0) is 24.9. The Balaban J connectivity index is 1.35. The molecule has 0 spiro atoms. The summed E-state index contributed by atoms with van der Waals surface area (Å²) in [6.07, 6.45) is 0.522. The van der Waals surface area contributed by atoms with E-state index in [1.807, 2.05) is 12.1 Å². The lowest BCUT2D eigenvalue weighted by Gasteiger charge is -2.27. The number of halogens is 1.